The Morgan fingerprint density at radius 1 is 1.07 bits per heavy atom. The Bertz CT molecular complexity index is 168. The molecule has 1 nitrogen and oxygen atoms in total. The van der Waals surface area contributed by atoms with E-state index in [1.54, 1.807) is 0 Å². The lowest BCUT2D eigenvalue weighted by Gasteiger charge is -2.12. The van der Waals surface area contributed by atoms with Crippen molar-refractivity contribution < 1.29 is 5.11 Å². The van der Waals surface area contributed by atoms with Gasteiger partial charge in [0.15, 0.2) is 0 Å². The summed E-state index contributed by atoms with van der Waals surface area (Å²) in [5.74, 6) is 1.31. The normalized spacial score (nSPS) is 14.7. The van der Waals surface area contributed by atoms with E-state index >= 15 is 0 Å². The predicted octanol–water partition coefficient (Wildman–Crippen LogP) is 4.17. The van der Waals surface area contributed by atoms with E-state index in [-0.39, 0.29) is 0 Å². The van der Waals surface area contributed by atoms with Crippen LogP contribution in [0.15, 0.2) is 11.6 Å². The highest BCUT2D eigenvalue weighted by Gasteiger charge is 2.03. The first-order valence-corrected chi connectivity index (χ1v) is 6.30. The Morgan fingerprint density at radius 2 is 1.67 bits per heavy atom. The smallest absolute Gasteiger partial charge is 0.0456 e. The summed E-state index contributed by atoms with van der Waals surface area (Å²) in [4.78, 5) is 0. The fourth-order valence-corrected chi connectivity index (χ4v) is 1.71. The average Bonchev–Trinajstić information content (AvgIpc) is 2.17. The van der Waals surface area contributed by atoms with Crippen molar-refractivity contribution in [2.24, 2.45) is 11.8 Å². The Balaban J connectivity index is 3.41. The van der Waals surface area contributed by atoms with Crippen LogP contribution in [0, 0.1) is 11.8 Å². The van der Waals surface area contributed by atoms with Crippen LogP contribution >= 0.6 is 0 Å². The quantitative estimate of drug-likeness (QED) is 0.599. The molecule has 0 aromatic rings. The molecule has 0 fully saturated rings. The Morgan fingerprint density at radius 3 is 2.20 bits per heavy atom. The van der Waals surface area contributed by atoms with Crippen molar-refractivity contribution >= 4 is 0 Å². The standard InChI is InChI=1S/C14H28O/c1-12(2)7-5-8-13(3)9-6-10-14(4)11-15/h7,13-15H,5-6,8-11H2,1-4H3/t13-,14-/m0/s1. The molecule has 0 amide bonds. The highest BCUT2D eigenvalue weighted by atomic mass is 16.3. The zero-order valence-electron chi connectivity index (χ0n) is 10.9. The fraction of sp³-hybridized carbons (Fsp3) is 0.857. The van der Waals surface area contributed by atoms with Crippen molar-refractivity contribution in [3.8, 4) is 0 Å². The molecule has 0 aliphatic heterocycles. The number of aliphatic hydroxyl groups is 1. The number of hydrogen-bond donors (Lipinski definition) is 1. The molecule has 1 N–H and O–H groups in total. The summed E-state index contributed by atoms with van der Waals surface area (Å²) < 4.78 is 0. The van der Waals surface area contributed by atoms with Crippen molar-refractivity contribution in [3.05, 3.63) is 11.6 Å². The first-order valence-electron chi connectivity index (χ1n) is 6.30. The minimum atomic E-state index is 0.339. The van der Waals surface area contributed by atoms with Gasteiger partial charge in [0.1, 0.15) is 0 Å². The zero-order valence-corrected chi connectivity index (χ0v) is 10.9. The second kappa shape index (κ2) is 8.96. The highest BCUT2D eigenvalue weighted by Crippen LogP contribution is 2.17. The van der Waals surface area contributed by atoms with Gasteiger partial charge in [-0.15, -0.1) is 0 Å². The van der Waals surface area contributed by atoms with E-state index in [1.165, 1.54) is 37.7 Å². The van der Waals surface area contributed by atoms with Gasteiger partial charge in [0.2, 0.25) is 0 Å². The molecule has 2 atom stereocenters. The van der Waals surface area contributed by atoms with Crippen molar-refractivity contribution in [1.82, 2.24) is 0 Å². The van der Waals surface area contributed by atoms with Crippen LogP contribution in [0.4, 0.5) is 0 Å². The molecule has 0 radical (unpaired) electrons. The van der Waals surface area contributed by atoms with Crippen molar-refractivity contribution in [2.75, 3.05) is 6.61 Å². The molecule has 0 aliphatic carbocycles. The maximum Gasteiger partial charge on any atom is 0.0456 e. The maximum atomic E-state index is 8.89. The van der Waals surface area contributed by atoms with Gasteiger partial charge in [-0.25, -0.2) is 0 Å². The van der Waals surface area contributed by atoms with E-state index in [0.29, 0.717) is 12.5 Å². The lowest BCUT2D eigenvalue weighted by atomic mass is 9.95. The van der Waals surface area contributed by atoms with E-state index in [9.17, 15) is 0 Å². The van der Waals surface area contributed by atoms with Crippen LogP contribution in [0.3, 0.4) is 0 Å². The van der Waals surface area contributed by atoms with Gasteiger partial charge in [-0.3, -0.25) is 0 Å². The third kappa shape index (κ3) is 9.99. The first kappa shape index (κ1) is 14.7. The minimum Gasteiger partial charge on any atom is -0.396 e. The molecule has 15 heavy (non-hydrogen) atoms. The Kier molecular flexibility index (Phi) is 8.79. The van der Waals surface area contributed by atoms with Gasteiger partial charge in [-0.1, -0.05) is 38.3 Å². The molecule has 0 aromatic carbocycles. The molecule has 0 bridgehead atoms. The minimum absolute atomic E-state index is 0.339. The summed E-state index contributed by atoms with van der Waals surface area (Å²) >= 11 is 0. The molecular weight excluding hydrogens is 184 g/mol. The van der Waals surface area contributed by atoms with Crippen LogP contribution in [0.2, 0.25) is 0 Å². The van der Waals surface area contributed by atoms with E-state index in [0.717, 1.165) is 5.92 Å². The van der Waals surface area contributed by atoms with Gasteiger partial charge in [0.25, 0.3) is 0 Å². The Labute approximate surface area is 95.6 Å². The second-order valence-electron chi connectivity index (χ2n) is 5.18. The third-order valence-electron chi connectivity index (χ3n) is 2.92. The summed E-state index contributed by atoms with van der Waals surface area (Å²) in [5.41, 5.74) is 1.43. The van der Waals surface area contributed by atoms with Crippen LogP contribution in [0.25, 0.3) is 0 Å². The van der Waals surface area contributed by atoms with E-state index in [2.05, 4.69) is 33.8 Å². The summed E-state index contributed by atoms with van der Waals surface area (Å²) in [6, 6.07) is 0. The lowest BCUT2D eigenvalue weighted by Crippen LogP contribution is -2.02. The second-order valence-corrected chi connectivity index (χ2v) is 5.18. The number of allylic oxidation sites excluding steroid dienone is 2. The van der Waals surface area contributed by atoms with Gasteiger partial charge >= 0.3 is 0 Å². The monoisotopic (exact) mass is 212 g/mol. The SMILES string of the molecule is CC(C)=CCC[C@H](C)CCC[C@H](C)CO. The van der Waals surface area contributed by atoms with Gasteiger partial charge < -0.3 is 5.11 Å². The van der Waals surface area contributed by atoms with Crippen molar-refractivity contribution in [1.29, 1.82) is 0 Å². The number of rotatable bonds is 8. The van der Waals surface area contributed by atoms with Crippen LogP contribution in [0.5, 0.6) is 0 Å². The molecule has 0 aromatic heterocycles. The summed E-state index contributed by atoms with van der Waals surface area (Å²) in [5, 5.41) is 8.89. The van der Waals surface area contributed by atoms with Crippen molar-refractivity contribution in [3.63, 3.8) is 0 Å². The topological polar surface area (TPSA) is 20.2 Å². The molecule has 90 valence electrons. The van der Waals surface area contributed by atoms with Crippen LogP contribution in [-0.4, -0.2) is 11.7 Å². The molecule has 0 rings (SSSR count). The number of hydrogen-bond acceptors (Lipinski definition) is 1. The van der Waals surface area contributed by atoms with E-state index < -0.39 is 0 Å². The zero-order chi connectivity index (χ0) is 11.7. The fourth-order valence-electron chi connectivity index (χ4n) is 1.71. The summed E-state index contributed by atoms with van der Waals surface area (Å²) in [6.45, 7) is 9.11. The van der Waals surface area contributed by atoms with Gasteiger partial charge in [-0.05, 0) is 44.9 Å². The largest absolute Gasteiger partial charge is 0.396 e. The molecule has 0 saturated heterocycles. The van der Waals surface area contributed by atoms with Crippen LogP contribution < -0.4 is 0 Å². The van der Waals surface area contributed by atoms with Crippen LogP contribution in [-0.2, 0) is 0 Å². The molecule has 0 saturated carbocycles. The van der Waals surface area contributed by atoms with Gasteiger partial charge in [-0.2, -0.15) is 0 Å². The molecule has 0 unspecified atom stereocenters. The van der Waals surface area contributed by atoms with Gasteiger partial charge in [0.05, 0.1) is 0 Å². The van der Waals surface area contributed by atoms with Gasteiger partial charge in [0, 0.05) is 6.61 Å². The summed E-state index contributed by atoms with van der Waals surface area (Å²) in [7, 11) is 0. The lowest BCUT2D eigenvalue weighted by molar-refractivity contribution is 0.225. The van der Waals surface area contributed by atoms with E-state index in [1.807, 2.05) is 0 Å². The third-order valence-corrected chi connectivity index (χ3v) is 2.92. The maximum absolute atomic E-state index is 8.89. The first-order chi connectivity index (χ1) is 7.06. The Hall–Kier alpha value is -0.300. The molecular formula is C14H28O. The molecule has 0 aliphatic rings. The van der Waals surface area contributed by atoms with Crippen LogP contribution in [0.1, 0.15) is 59.8 Å². The summed E-state index contributed by atoms with van der Waals surface area (Å²) in [6.07, 6.45) is 8.59. The van der Waals surface area contributed by atoms with E-state index in [4.69, 9.17) is 5.11 Å². The molecule has 1 heteroatoms. The predicted molar refractivity (Wildman–Crippen MR) is 67.9 cm³/mol. The van der Waals surface area contributed by atoms with Crippen molar-refractivity contribution in [2.45, 2.75) is 59.8 Å². The molecule has 0 spiro atoms. The average molecular weight is 212 g/mol. The molecule has 0 heterocycles. The highest BCUT2D eigenvalue weighted by molar-refractivity contribution is 4.92. The number of aliphatic hydroxyl groups excluding tert-OH is 1.